The summed E-state index contributed by atoms with van der Waals surface area (Å²) in [5.74, 6) is 2.34. The first-order valence-electron chi connectivity index (χ1n) is 3.72. The lowest BCUT2D eigenvalue weighted by Crippen LogP contribution is -2.32. The average molecular weight is 171 g/mol. The van der Waals surface area contributed by atoms with E-state index in [2.05, 4.69) is 10.7 Å². The van der Waals surface area contributed by atoms with E-state index in [0.717, 1.165) is 0 Å². The predicted octanol–water partition coefficient (Wildman–Crippen LogP) is 0.0704. The highest BCUT2D eigenvalue weighted by Gasteiger charge is 2.10. The highest BCUT2D eigenvalue weighted by molar-refractivity contribution is 5.67. The van der Waals surface area contributed by atoms with Crippen molar-refractivity contribution in [2.45, 2.75) is 6.92 Å². The number of aliphatic hydroxyl groups excluding tert-OH is 1. The normalized spacial score (nSPS) is 8.75. The van der Waals surface area contributed by atoms with Crippen LogP contribution >= 0.6 is 0 Å². The molecule has 0 saturated carbocycles. The van der Waals surface area contributed by atoms with E-state index in [4.69, 9.17) is 11.5 Å². The standard InChI is InChI=1S/C8H13NO3/c1-3-5-9(4-2)8(11)12-7-6-10/h1,10H,4-7H2,2H3. The van der Waals surface area contributed by atoms with Crippen molar-refractivity contribution in [2.75, 3.05) is 26.3 Å². The molecule has 0 unspecified atom stereocenters. The van der Waals surface area contributed by atoms with Crippen LogP contribution in [0.15, 0.2) is 0 Å². The van der Waals surface area contributed by atoms with Gasteiger partial charge in [-0.1, -0.05) is 5.92 Å². The van der Waals surface area contributed by atoms with Gasteiger partial charge in [0.2, 0.25) is 0 Å². The third-order valence-electron chi connectivity index (χ3n) is 1.24. The van der Waals surface area contributed by atoms with Crippen molar-refractivity contribution in [1.29, 1.82) is 0 Å². The molecule has 0 fully saturated rings. The molecule has 0 saturated heterocycles. The molecule has 0 aromatic carbocycles. The van der Waals surface area contributed by atoms with Gasteiger partial charge < -0.3 is 9.84 Å². The average Bonchev–Trinajstić information content (AvgIpc) is 2.10. The molecule has 0 aliphatic heterocycles. The Kier molecular flexibility index (Phi) is 5.84. The Morgan fingerprint density at radius 3 is 2.83 bits per heavy atom. The second-order valence-electron chi connectivity index (χ2n) is 2.06. The van der Waals surface area contributed by atoms with Crippen LogP contribution in [0.5, 0.6) is 0 Å². The molecule has 0 bridgehead atoms. The molecule has 0 aromatic heterocycles. The van der Waals surface area contributed by atoms with Crippen molar-refractivity contribution < 1.29 is 14.6 Å². The maximum absolute atomic E-state index is 11.0. The number of terminal acetylenes is 1. The van der Waals surface area contributed by atoms with E-state index in [9.17, 15) is 4.79 Å². The number of nitrogens with zero attached hydrogens (tertiary/aromatic N) is 1. The van der Waals surface area contributed by atoms with Crippen molar-refractivity contribution in [2.24, 2.45) is 0 Å². The molecule has 1 N–H and O–H groups in total. The Bertz CT molecular complexity index is 174. The van der Waals surface area contributed by atoms with Crippen molar-refractivity contribution >= 4 is 6.09 Å². The SMILES string of the molecule is C#CCN(CC)C(=O)OCCO. The summed E-state index contributed by atoms with van der Waals surface area (Å²) in [5.41, 5.74) is 0. The summed E-state index contributed by atoms with van der Waals surface area (Å²) in [6.45, 7) is 2.39. The smallest absolute Gasteiger partial charge is 0.410 e. The third kappa shape index (κ3) is 3.84. The van der Waals surface area contributed by atoms with Crippen LogP contribution in [0.3, 0.4) is 0 Å². The number of ether oxygens (including phenoxy) is 1. The van der Waals surface area contributed by atoms with E-state index in [-0.39, 0.29) is 19.8 Å². The largest absolute Gasteiger partial charge is 0.447 e. The number of rotatable bonds is 4. The molecule has 68 valence electrons. The zero-order valence-electron chi connectivity index (χ0n) is 7.12. The van der Waals surface area contributed by atoms with Crippen LogP contribution in [0, 0.1) is 12.3 Å². The summed E-state index contributed by atoms with van der Waals surface area (Å²) < 4.78 is 4.64. The molecule has 0 rings (SSSR count). The van der Waals surface area contributed by atoms with E-state index in [1.54, 1.807) is 6.92 Å². The van der Waals surface area contributed by atoms with Gasteiger partial charge in [-0.2, -0.15) is 0 Å². The van der Waals surface area contributed by atoms with Gasteiger partial charge in [-0.05, 0) is 6.92 Å². The fourth-order valence-corrected chi connectivity index (χ4v) is 0.640. The quantitative estimate of drug-likeness (QED) is 0.609. The Labute approximate surface area is 72.1 Å². The lowest BCUT2D eigenvalue weighted by Gasteiger charge is -2.16. The number of hydrogen-bond donors (Lipinski definition) is 1. The molecule has 0 aliphatic rings. The van der Waals surface area contributed by atoms with E-state index in [0.29, 0.717) is 6.54 Å². The van der Waals surface area contributed by atoms with Crippen LogP contribution in [0.4, 0.5) is 4.79 Å². The summed E-state index contributed by atoms with van der Waals surface area (Å²) in [6, 6.07) is 0. The number of hydrogen-bond acceptors (Lipinski definition) is 3. The molecule has 0 aromatic rings. The predicted molar refractivity (Wildman–Crippen MR) is 44.5 cm³/mol. The minimum absolute atomic E-state index is 0.0138. The maximum Gasteiger partial charge on any atom is 0.410 e. The lowest BCUT2D eigenvalue weighted by atomic mass is 10.5. The van der Waals surface area contributed by atoms with E-state index < -0.39 is 6.09 Å². The van der Waals surface area contributed by atoms with Crippen molar-refractivity contribution in [3.8, 4) is 12.3 Å². The third-order valence-corrected chi connectivity index (χ3v) is 1.24. The molecule has 0 spiro atoms. The van der Waals surface area contributed by atoms with Gasteiger partial charge in [0.25, 0.3) is 0 Å². The Morgan fingerprint density at radius 1 is 1.75 bits per heavy atom. The summed E-state index contributed by atoms with van der Waals surface area (Å²) >= 11 is 0. The summed E-state index contributed by atoms with van der Waals surface area (Å²) in [4.78, 5) is 12.4. The van der Waals surface area contributed by atoms with Gasteiger partial charge >= 0.3 is 6.09 Å². The van der Waals surface area contributed by atoms with Crippen molar-refractivity contribution in [3.63, 3.8) is 0 Å². The Balaban J connectivity index is 3.79. The van der Waals surface area contributed by atoms with Crippen LogP contribution < -0.4 is 0 Å². The van der Waals surface area contributed by atoms with Crippen LogP contribution in [0.2, 0.25) is 0 Å². The molecule has 0 heterocycles. The van der Waals surface area contributed by atoms with Crippen molar-refractivity contribution in [1.82, 2.24) is 4.90 Å². The summed E-state index contributed by atoms with van der Waals surface area (Å²) in [5, 5.41) is 8.36. The highest BCUT2D eigenvalue weighted by atomic mass is 16.6. The number of carbonyl (C=O) groups excluding carboxylic acids is 1. The number of aliphatic hydroxyl groups is 1. The fourth-order valence-electron chi connectivity index (χ4n) is 0.640. The minimum Gasteiger partial charge on any atom is -0.447 e. The zero-order chi connectivity index (χ0) is 9.40. The van der Waals surface area contributed by atoms with Gasteiger partial charge in [-0.25, -0.2) is 4.79 Å². The molecule has 0 radical (unpaired) electrons. The maximum atomic E-state index is 11.0. The summed E-state index contributed by atoms with van der Waals surface area (Å²) in [7, 11) is 0. The molecule has 0 atom stereocenters. The van der Waals surface area contributed by atoms with Crippen LogP contribution in [-0.2, 0) is 4.74 Å². The molecule has 1 amide bonds. The monoisotopic (exact) mass is 171 g/mol. The second kappa shape index (κ2) is 6.50. The number of carbonyl (C=O) groups is 1. The first kappa shape index (κ1) is 10.8. The van der Waals surface area contributed by atoms with Gasteiger partial charge in [0.1, 0.15) is 6.61 Å². The second-order valence-corrected chi connectivity index (χ2v) is 2.06. The fraction of sp³-hybridized carbons (Fsp3) is 0.625. The first-order chi connectivity index (χ1) is 5.76. The topological polar surface area (TPSA) is 49.8 Å². The van der Waals surface area contributed by atoms with Crippen LogP contribution in [0.1, 0.15) is 6.92 Å². The Morgan fingerprint density at radius 2 is 2.42 bits per heavy atom. The van der Waals surface area contributed by atoms with Gasteiger partial charge in [0.05, 0.1) is 13.2 Å². The minimum atomic E-state index is -0.482. The molecule has 4 nitrogen and oxygen atoms in total. The molecule has 12 heavy (non-hydrogen) atoms. The van der Waals surface area contributed by atoms with E-state index in [1.165, 1.54) is 4.90 Å². The van der Waals surface area contributed by atoms with Crippen LogP contribution in [0.25, 0.3) is 0 Å². The van der Waals surface area contributed by atoms with Gasteiger partial charge in [-0.15, -0.1) is 6.42 Å². The highest BCUT2D eigenvalue weighted by Crippen LogP contribution is 1.92. The van der Waals surface area contributed by atoms with E-state index in [1.807, 2.05) is 0 Å². The molecular weight excluding hydrogens is 158 g/mol. The van der Waals surface area contributed by atoms with Crippen LogP contribution in [-0.4, -0.2) is 42.4 Å². The molecular formula is C8H13NO3. The first-order valence-corrected chi connectivity index (χ1v) is 3.72. The zero-order valence-corrected chi connectivity index (χ0v) is 7.12. The van der Waals surface area contributed by atoms with Crippen molar-refractivity contribution in [3.05, 3.63) is 0 Å². The van der Waals surface area contributed by atoms with Gasteiger partial charge in [0, 0.05) is 6.54 Å². The van der Waals surface area contributed by atoms with Gasteiger partial charge in [0.15, 0.2) is 0 Å². The lowest BCUT2D eigenvalue weighted by molar-refractivity contribution is 0.0893. The molecule has 0 aliphatic carbocycles. The number of amides is 1. The van der Waals surface area contributed by atoms with Gasteiger partial charge in [-0.3, -0.25) is 4.90 Å². The Hall–Kier alpha value is -1.21. The molecule has 4 heteroatoms. The summed E-state index contributed by atoms with van der Waals surface area (Å²) in [6.07, 6.45) is 4.54. The van der Waals surface area contributed by atoms with E-state index >= 15 is 0 Å².